The van der Waals surface area contributed by atoms with Gasteiger partial charge in [0.25, 0.3) is 0 Å². The summed E-state index contributed by atoms with van der Waals surface area (Å²) in [5, 5.41) is 0. The van der Waals surface area contributed by atoms with Crippen molar-refractivity contribution in [2.45, 2.75) is 45.9 Å². The quantitative estimate of drug-likeness (QED) is 0.610. The van der Waals surface area contributed by atoms with Crippen molar-refractivity contribution in [2.24, 2.45) is 5.92 Å². The normalized spacial score (nSPS) is 14.5. The molecular formula is C16H19F3O3. The Morgan fingerprint density at radius 1 is 1.14 bits per heavy atom. The molecule has 0 saturated heterocycles. The maximum Gasteiger partial charge on any atom is 0.416 e. The van der Waals surface area contributed by atoms with Crippen molar-refractivity contribution in [3.8, 4) is 0 Å². The van der Waals surface area contributed by atoms with Crippen LogP contribution in [-0.2, 0) is 20.5 Å². The van der Waals surface area contributed by atoms with Crippen LogP contribution in [0.1, 0.15) is 44.7 Å². The van der Waals surface area contributed by atoms with Crippen molar-refractivity contribution in [1.82, 2.24) is 0 Å². The molecule has 0 amide bonds. The zero-order valence-electron chi connectivity index (χ0n) is 12.9. The lowest BCUT2D eigenvalue weighted by Gasteiger charge is -2.22. The van der Waals surface area contributed by atoms with E-state index in [0.717, 1.165) is 12.1 Å². The molecule has 0 aromatic heterocycles. The van der Waals surface area contributed by atoms with Gasteiger partial charge >= 0.3 is 12.1 Å². The van der Waals surface area contributed by atoms with E-state index in [1.807, 2.05) is 0 Å². The molecule has 0 aliphatic rings. The number of halogens is 3. The molecule has 0 aliphatic carbocycles. The first-order valence-corrected chi connectivity index (χ1v) is 6.92. The van der Waals surface area contributed by atoms with Gasteiger partial charge in [-0.2, -0.15) is 13.2 Å². The standard InChI is InChI=1S/C16H19F3O3/c1-9(2)22-15(21)14(11(4)20)10(3)12-6-5-7-13(8-12)16(17,18)19/h5-10,14H,1-4H3. The Balaban J connectivity index is 3.12. The minimum Gasteiger partial charge on any atom is -0.462 e. The van der Waals surface area contributed by atoms with Gasteiger partial charge in [-0.1, -0.05) is 25.1 Å². The van der Waals surface area contributed by atoms with Gasteiger partial charge < -0.3 is 4.74 Å². The molecule has 0 bridgehead atoms. The zero-order valence-corrected chi connectivity index (χ0v) is 12.9. The summed E-state index contributed by atoms with van der Waals surface area (Å²) in [6.45, 7) is 6.06. The lowest BCUT2D eigenvalue weighted by molar-refractivity contribution is -0.155. The van der Waals surface area contributed by atoms with Gasteiger partial charge in [0, 0.05) is 5.92 Å². The molecule has 3 nitrogen and oxygen atoms in total. The number of ether oxygens (including phenoxy) is 1. The van der Waals surface area contributed by atoms with Gasteiger partial charge in [-0.3, -0.25) is 9.59 Å². The molecule has 2 unspecified atom stereocenters. The third-order valence-corrected chi connectivity index (χ3v) is 3.28. The minimum absolute atomic E-state index is 0.274. The number of rotatable bonds is 5. The van der Waals surface area contributed by atoms with Gasteiger partial charge in [0.05, 0.1) is 11.7 Å². The Morgan fingerprint density at radius 3 is 2.18 bits per heavy atom. The number of hydrogen-bond donors (Lipinski definition) is 0. The molecule has 0 spiro atoms. The van der Waals surface area contributed by atoms with Gasteiger partial charge in [0.2, 0.25) is 0 Å². The zero-order chi connectivity index (χ0) is 17.1. The van der Waals surface area contributed by atoms with E-state index < -0.39 is 41.4 Å². The van der Waals surface area contributed by atoms with E-state index in [4.69, 9.17) is 4.74 Å². The van der Waals surface area contributed by atoms with Crippen molar-refractivity contribution in [1.29, 1.82) is 0 Å². The smallest absolute Gasteiger partial charge is 0.416 e. The largest absolute Gasteiger partial charge is 0.462 e. The van der Waals surface area contributed by atoms with Crippen molar-refractivity contribution in [3.05, 3.63) is 35.4 Å². The maximum absolute atomic E-state index is 12.8. The van der Waals surface area contributed by atoms with Gasteiger partial charge in [-0.15, -0.1) is 0 Å². The Hall–Kier alpha value is -1.85. The van der Waals surface area contributed by atoms with Gasteiger partial charge in [-0.25, -0.2) is 0 Å². The molecule has 122 valence electrons. The predicted octanol–water partition coefficient (Wildman–Crippen LogP) is 3.97. The molecule has 6 heteroatoms. The maximum atomic E-state index is 12.8. The van der Waals surface area contributed by atoms with E-state index in [1.165, 1.54) is 19.1 Å². The number of hydrogen-bond acceptors (Lipinski definition) is 3. The van der Waals surface area contributed by atoms with Gasteiger partial charge in [0.1, 0.15) is 11.7 Å². The van der Waals surface area contributed by atoms with Crippen LogP contribution in [0.3, 0.4) is 0 Å². The second-order valence-electron chi connectivity index (χ2n) is 5.49. The Kier molecular flexibility index (Phi) is 5.74. The molecule has 0 N–H and O–H groups in total. The number of Topliss-reactive ketones (excluding diaryl/α,β-unsaturated/α-hetero) is 1. The third-order valence-electron chi connectivity index (χ3n) is 3.28. The van der Waals surface area contributed by atoms with E-state index in [2.05, 4.69) is 0 Å². The van der Waals surface area contributed by atoms with Gasteiger partial charge in [-0.05, 0) is 32.4 Å². The molecule has 1 rings (SSSR count). The molecule has 1 aromatic rings. The summed E-state index contributed by atoms with van der Waals surface area (Å²) in [6.07, 6.45) is -4.87. The van der Waals surface area contributed by atoms with E-state index in [9.17, 15) is 22.8 Å². The first kappa shape index (κ1) is 18.2. The number of esters is 1. The Labute approximate surface area is 127 Å². The SMILES string of the molecule is CC(=O)C(C(=O)OC(C)C)C(C)c1cccc(C(F)(F)F)c1. The van der Waals surface area contributed by atoms with Crippen molar-refractivity contribution < 1.29 is 27.5 Å². The molecule has 0 heterocycles. The molecule has 2 atom stereocenters. The molecule has 0 fully saturated rings. The summed E-state index contributed by atoms with van der Waals surface area (Å²) in [7, 11) is 0. The number of benzene rings is 1. The molecular weight excluding hydrogens is 297 g/mol. The van der Waals surface area contributed by atoms with Crippen LogP contribution in [0.2, 0.25) is 0 Å². The van der Waals surface area contributed by atoms with Crippen LogP contribution < -0.4 is 0 Å². The summed E-state index contributed by atoms with van der Waals surface area (Å²) < 4.78 is 43.3. The highest BCUT2D eigenvalue weighted by Gasteiger charge is 2.35. The first-order valence-electron chi connectivity index (χ1n) is 6.92. The van der Waals surface area contributed by atoms with Crippen LogP contribution in [0, 0.1) is 5.92 Å². The Morgan fingerprint density at radius 2 is 1.73 bits per heavy atom. The van der Waals surface area contributed by atoms with Crippen LogP contribution in [0.5, 0.6) is 0 Å². The third kappa shape index (κ3) is 4.58. The number of alkyl halides is 3. The van der Waals surface area contributed by atoms with Crippen molar-refractivity contribution in [2.75, 3.05) is 0 Å². The highest BCUT2D eigenvalue weighted by molar-refractivity contribution is 5.98. The van der Waals surface area contributed by atoms with Crippen molar-refractivity contribution >= 4 is 11.8 Å². The van der Waals surface area contributed by atoms with E-state index in [1.54, 1.807) is 20.8 Å². The van der Waals surface area contributed by atoms with Crippen LogP contribution in [-0.4, -0.2) is 17.9 Å². The molecule has 22 heavy (non-hydrogen) atoms. The predicted molar refractivity (Wildman–Crippen MR) is 75.3 cm³/mol. The topological polar surface area (TPSA) is 43.4 Å². The average molecular weight is 316 g/mol. The second-order valence-corrected chi connectivity index (χ2v) is 5.49. The fraction of sp³-hybridized carbons (Fsp3) is 0.500. The number of carbonyl (C=O) groups excluding carboxylic acids is 2. The summed E-state index contributed by atoms with van der Waals surface area (Å²) in [5.41, 5.74) is -0.535. The molecule has 0 radical (unpaired) electrons. The van der Waals surface area contributed by atoms with Crippen molar-refractivity contribution in [3.63, 3.8) is 0 Å². The molecule has 0 saturated carbocycles. The summed E-state index contributed by atoms with van der Waals surface area (Å²) in [6, 6.07) is 4.65. The number of ketones is 1. The van der Waals surface area contributed by atoms with Gasteiger partial charge in [0.15, 0.2) is 0 Å². The summed E-state index contributed by atoms with van der Waals surface area (Å²) in [4.78, 5) is 23.8. The second kappa shape index (κ2) is 6.94. The first-order chi connectivity index (χ1) is 10.0. The lowest BCUT2D eigenvalue weighted by Crippen LogP contribution is -2.31. The summed E-state index contributed by atoms with van der Waals surface area (Å²) >= 11 is 0. The molecule has 0 aliphatic heterocycles. The van der Waals surface area contributed by atoms with E-state index in [0.29, 0.717) is 0 Å². The van der Waals surface area contributed by atoms with E-state index in [-0.39, 0.29) is 5.56 Å². The van der Waals surface area contributed by atoms with Crippen LogP contribution >= 0.6 is 0 Å². The minimum atomic E-state index is -4.47. The fourth-order valence-electron chi connectivity index (χ4n) is 2.22. The average Bonchev–Trinajstić information content (AvgIpc) is 2.36. The Bertz CT molecular complexity index is 550. The van der Waals surface area contributed by atoms with E-state index >= 15 is 0 Å². The van der Waals surface area contributed by atoms with Crippen LogP contribution in [0.25, 0.3) is 0 Å². The molecule has 1 aromatic carbocycles. The summed E-state index contributed by atoms with van der Waals surface area (Å²) in [5.74, 6) is -2.97. The number of carbonyl (C=O) groups is 2. The fourth-order valence-corrected chi connectivity index (χ4v) is 2.22. The highest BCUT2D eigenvalue weighted by Crippen LogP contribution is 2.33. The lowest BCUT2D eigenvalue weighted by atomic mass is 9.84. The van der Waals surface area contributed by atoms with Crippen LogP contribution in [0.4, 0.5) is 13.2 Å². The highest BCUT2D eigenvalue weighted by atomic mass is 19.4. The van der Waals surface area contributed by atoms with Crippen LogP contribution in [0.15, 0.2) is 24.3 Å². The monoisotopic (exact) mass is 316 g/mol.